The van der Waals surface area contributed by atoms with Crippen LogP contribution in [0.1, 0.15) is 72.1 Å². The summed E-state index contributed by atoms with van der Waals surface area (Å²) in [4.78, 5) is 52.9. The number of rotatable bonds is 20. The lowest BCUT2D eigenvalue weighted by molar-refractivity contribution is -0.359. The summed E-state index contributed by atoms with van der Waals surface area (Å²) in [6.45, 7) is 16.5. The first-order valence-electron chi connectivity index (χ1n) is 21.9. The van der Waals surface area contributed by atoms with Crippen LogP contribution in [0.5, 0.6) is 0 Å². The van der Waals surface area contributed by atoms with Crippen molar-refractivity contribution in [3.8, 4) is 0 Å². The smallest absolute Gasteiger partial charge is 0.311 e. The van der Waals surface area contributed by atoms with Crippen LogP contribution in [0.2, 0.25) is 0 Å². The molecule has 2 fully saturated rings. The summed E-state index contributed by atoms with van der Waals surface area (Å²) in [6, 6.07) is 27.4. The monoisotopic (exact) mass is 903 g/mol. The predicted molar refractivity (Wildman–Crippen MR) is 237 cm³/mol. The molecule has 2 aliphatic heterocycles. The highest BCUT2D eigenvalue weighted by Crippen LogP contribution is 2.36. The minimum absolute atomic E-state index is 0.0144. The molecule has 0 unspecified atom stereocenters. The highest BCUT2D eigenvalue weighted by Gasteiger charge is 2.56. The Morgan fingerprint density at radius 1 is 0.600 bits per heavy atom. The molecule has 2 saturated heterocycles. The van der Waals surface area contributed by atoms with Crippen molar-refractivity contribution < 1.29 is 66.5 Å². The first-order chi connectivity index (χ1) is 30.9. The van der Waals surface area contributed by atoms with E-state index in [1.807, 2.05) is 91.0 Å². The molecule has 3 aromatic carbocycles. The van der Waals surface area contributed by atoms with Crippen LogP contribution in [0, 0.1) is 10.8 Å². The molecular weight excluding hydrogens is 839 g/mol. The summed E-state index contributed by atoms with van der Waals surface area (Å²) in [7, 11) is 0. The van der Waals surface area contributed by atoms with Gasteiger partial charge in [0.1, 0.15) is 43.2 Å². The van der Waals surface area contributed by atoms with E-state index in [0.717, 1.165) is 16.7 Å². The standard InChI is InChI=1S/C50H65NO14/c1-10-26-57-46-44(59-29-36-24-18-13-19-25-36)43(40(58-28-35-22-16-12-17-23-35)37(63-46)30-56-27-34-20-14-11-15-21-34)64-45-39(51-32(2)52)42(61-33(3)53)41(65-48(55)50(7,8)9)38(62-45)31-60-47(54)49(4,5)6/h10-25,37-46H,1,26-31H2,2-9H3,(H,51,52)/t37-,38-,39-,40+,41+,42-,43+,44-,45+,46+/m1/s1. The van der Waals surface area contributed by atoms with E-state index in [0.29, 0.717) is 0 Å². The van der Waals surface area contributed by atoms with Gasteiger partial charge in [-0.1, -0.05) is 97.1 Å². The summed E-state index contributed by atoms with van der Waals surface area (Å²) in [5, 5.41) is 2.84. The van der Waals surface area contributed by atoms with Crippen molar-refractivity contribution in [3.63, 3.8) is 0 Å². The average Bonchev–Trinajstić information content (AvgIpc) is 3.26. The number of amides is 1. The minimum atomic E-state index is -1.49. The van der Waals surface area contributed by atoms with E-state index in [-0.39, 0.29) is 33.0 Å². The van der Waals surface area contributed by atoms with Crippen molar-refractivity contribution in [2.24, 2.45) is 10.8 Å². The number of benzene rings is 3. The van der Waals surface area contributed by atoms with Gasteiger partial charge in [0, 0.05) is 13.8 Å². The number of ether oxygens (including phenoxy) is 10. The molecule has 15 heteroatoms. The van der Waals surface area contributed by atoms with Gasteiger partial charge >= 0.3 is 17.9 Å². The van der Waals surface area contributed by atoms with Crippen molar-refractivity contribution in [2.45, 2.75) is 137 Å². The van der Waals surface area contributed by atoms with Gasteiger partial charge in [0.05, 0.1) is 43.9 Å². The molecule has 1 amide bonds. The lowest BCUT2D eigenvalue weighted by Gasteiger charge is -2.50. The third-order valence-corrected chi connectivity index (χ3v) is 10.4. The second-order valence-electron chi connectivity index (χ2n) is 18.1. The fraction of sp³-hybridized carbons (Fsp3) is 0.520. The first kappa shape index (κ1) is 51.0. The Bertz CT molecular complexity index is 1970. The van der Waals surface area contributed by atoms with Crippen molar-refractivity contribution >= 4 is 23.8 Å². The molecule has 0 bridgehead atoms. The number of hydrogen-bond donors (Lipinski definition) is 1. The van der Waals surface area contributed by atoms with E-state index in [4.69, 9.17) is 47.4 Å². The first-order valence-corrected chi connectivity index (χ1v) is 21.9. The van der Waals surface area contributed by atoms with Crippen molar-refractivity contribution in [3.05, 3.63) is 120 Å². The van der Waals surface area contributed by atoms with Gasteiger partial charge in [-0.3, -0.25) is 19.2 Å². The molecule has 10 atom stereocenters. The SMILES string of the molecule is C=CCO[C@H]1O[C@H](COCc2ccccc2)[C@H](OCc2ccccc2)[C@H](O[C@@H]2O[C@H](COC(=O)C(C)(C)C)[C@H](OC(=O)C(C)(C)C)[C@H](OC(C)=O)[C@H]2NC(C)=O)[C@H]1OCc1ccccc1. The molecule has 5 rings (SSSR count). The van der Waals surface area contributed by atoms with Crippen LogP contribution in [-0.4, -0.2) is 105 Å². The Kier molecular flexibility index (Phi) is 18.8. The average molecular weight is 904 g/mol. The third kappa shape index (κ3) is 15.3. The van der Waals surface area contributed by atoms with Crippen LogP contribution in [0.15, 0.2) is 104 Å². The molecule has 0 aromatic heterocycles. The van der Waals surface area contributed by atoms with Crippen LogP contribution < -0.4 is 5.32 Å². The Balaban J connectivity index is 1.63. The van der Waals surface area contributed by atoms with E-state index < -0.39 is 103 Å². The van der Waals surface area contributed by atoms with Gasteiger partial charge in [0.15, 0.2) is 24.8 Å². The molecule has 0 radical (unpaired) electrons. The molecule has 2 aliphatic rings. The quantitative estimate of drug-likeness (QED) is 0.0751. The predicted octanol–water partition coefficient (Wildman–Crippen LogP) is 6.40. The van der Waals surface area contributed by atoms with Crippen LogP contribution in [0.3, 0.4) is 0 Å². The topological polar surface area (TPSA) is 173 Å². The molecule has 0 saturated carbocycles. The van der Waals surface area contributed by atoms with Crippen LogP contribution in [-0.2, 0) is 86.4 Å². The molecule has 0 spiro atoms. The summed E-state index contributed by atoms with van der Waals surface area (Å²) < 4.78 is 64.3. The molecule has 2 heterocycles. The molecule has 65 heavy (non-hydrogen) atoms. The highest BCUT2D eigenvalue weighted by atomic mass is 16.8. The fourth-order valence-electron chi connectivity index (χ4n) is 7.09. The Labute approximate surface area is 382 Å². The van der Waals surface area contributed by atoms with Crippen molar-refractivity contribution in [1.29, 1.82) is 0 Å². The Morgan fingerprint density at radius 3 is 1.62 bits per heavy atom. The van der Waals surface area contributed by atoms with Crippen LogP contribution in [0.4, 0.5) is 0 Å². The van der Waals surface area contributed by atoms with Gasteiger partial charge in [-0.05, 0) is 58.2 Å². The maximum absolute atomic E-state index is 13.6. The normalized spacial score (nSPS) is 25.8. The number of nitrogens with one attached hydrogen (secondary N) is 1. The lowest BCUT2D eigenvalue weighted by atomic mass is 9.93. The zero-order valence-corrected chi connectivity index (χ0v) is 38.7. The van der Waals surface area contributed by atoms with Crippen LogP contribution in [0.25, 0.3) is 0 Å². The van der Waals surface area contributed by atoms with Gasteiger partial charge in [-0.25, -0.2) is 0 Å². The third-order valence-electron chi connectivity index (χ3n) is 10.4. The summed E-state index contributed by atoms with van der Waals surface area (Å²) in [5.41, 5.74) is 0.700. The van der Waals surface area contributed by atoms with E-state index in [1.54, 1.807) is 47.6 Å². The zero-order valence-electron chi connectivity index (χ0n) is 38.7. The molecule has 15 nitrogen and oxygen atoms in total. The van der Waals surface area contributed by atoms with Crippen LogP contribution >= 0.6 is 0 Å². The van der Waals surface area contributed by atoms with Crippen molar-refractivity contribution in [1.82, 2.24) is 5.32 Å². The lowest BCUT2D eigenvalue weighted by Crippen LogP contribution is -2.69. The second kappa shape index (κ2) is 24.0. The highest BCUT2D eigenvalue weighted by molar-refractivity contribution is 5.76. The fourth-order valence-corrected chi connectivity index (χ4v) is 7.09. The number of hydrogen-bond acceptors (Lipinski definition) is 14. The van der Waals surface area contributed by atoms with E-state index >= 15 is 0 Å². The number of carbonyl (C=O) groups excluding carboxylic acids is 4. The van der Waals surface area contributed by atoms with Gasteiger partial charge in [0.2, 0.25) is 5.91 Å². The van der Waals surface area contributed by atoms with E-state index in [2.05, 4.69) is 11.9 Å². The summed E-state index contributed by atoms with van der Waals surface area (Å²) >= 11 is 0. The van der Waals surface area contributed by atoms with Gasteiger partial charge in [-0.15, -0.1) is 6.58 Å². The molecule has 1 N–H and O–H groups in total. The largest absolute Gasteiger partial charge is 0.462 e. The summed E-state index contributed by atoms with van der Waals surface area (Å²) in [6.07, 6.45) is -9.11. The van der Waals surface area contributed by atoms with Gasteiger partial charge in [0.25, 0.3) is 0 Å². The summed E-state index contributed by atoms with van der Waals surface area (Å²) in [5.74, 6) is -2.52. The number of esters is 3. The Hall–Kier alpha value is -5.00. The molecule has 354 valence electrons. The molecule has 0 aliphatic carbocycles. The molecular formula is C50H65NO14. The van der Waals surface area contributed by atoms with Crippen molar-refractivity contribution in [2.75, 3.05) is 19.8 Å². The maximum atomic E-state index is 13.6. The van der Waals surface area contributed by atoms with Gasteiger partial charge < -0.3 is 52.7 Å². The van der Waals surface area contributed by atoms with Gasteiger partial charge in [-0.2, -0.15) is 0 Å². The maximum Gasteiger partial charge on any atom is 0.311 e. The van der Waals surface area contributed by atoms with E-state index in [1.165, 1.54) is 13.8 Å². The molecule has 3 aromatic rings. The minimum Gasteiger partial charge on any atom is -0.462 e. The number of carbonyl (C=O) groups is 4. The second-order valence-corrected chi connectivity index (χ2v) is 18.1. The zero-order chi connectivity index (χ0) is 47.1. The van der Waals surface area contributed by atoms with E-state index in [9.17, 15) is 19.2 Å². The Morgan fingerprint density at radius 2 is 1.11 bits per heavy atom.